The van der Waals surface area contributed by atoms with Gasteiger partial charge in [0.15, 0.2) is 0 Å². The SMILES string of the molecule is Cc1ccccc1-c1cc(N(Cc2ccc(SC(C)(C)C(=O)O)cc2)Cc2ccco2)ncn1. The van der Waals surface area contributed by atoms with E-state index in [9.17, 15) is 9.90 Å². The first-order chi connectivity index (χ1) is 16.3. The molecule has 0 aliphatic carbocycles. The number of hydrogen-bond acceptors (Lipinski definition) is 6. The number of aromatic nitrogens is 2. The van der Waals surface area contributed by atoms with Crippen LogP contribution >= 0.6 is 11.8 Å². The van der Waals surface area contributed by atoms with Crippen molar-refractivity contribution in [2.75, 3.05) is 4.90 Å². The van der Waals surface area contributed by atoms with Gasteiger partial charge in [-0.2, -0.15) is 0 Å². The number of hydrogen-bond donors (Lipinski definition) is 1. The number of carboxylic acids is 1. The highest BCUT2D eigenvalue weighted by atomic mass is 32.2. The lowest BCUT2D eigenvalue weighted by molar-refractivity contribution is -0.138. The highest BCUT2D eigenvalue weighted by Crippen LogP contribution is 2.33. The van der Waals surface area contributed by atoms with Gasteiger partial charge in [-0.25, -0.2) is 9.97 Å². The molecule has 0 radical (unpaired) electrons. The van der Waals surface area contributed by atoms with E-state index in [1.165, 1.54) is 11.8 Å². The fourth-order valence-corrected chi connectivity index (χ4v) is 4.51. The largest absolute Gasteiger partial charge is 0.480 e. The van der Waals surface area contributed by atoms with Crippen LogP contribution in [0.4, 0.5) is 5.82 Å². The lowest BCUT2D eigenvalue weighted by Gasteiger charge is -2.24. The van der Waals surface area contributed by atoms with Gasteiger partial charge >= 0.3 is 5.97 Å². The summed E-state index contributed by atoms with van der Waals surface area (Å²) in [5.74, 6) is 0.806. The Morgan fingerprint density at radius 3 is 2.47 bits per heavy atom. The Balaban J connectivity index is 1.60. The number of carbonyl (C=O) groups is 1. The molecule has 0 amide bonds. The number of carboxylic acid groups (broad SMARTS) is 1. The van der Waals surface area contributed by atoms with Crippen molar-refractivity contribution < 1.29 is 14.3 Å². The molecule has 0 spiro atoms. The molecule has 0 aliphatic heterocycles. The molecule has 0 saturated carbocycles. The zero-order valence-corrected chi connectivity index (χ0v) is 20.2. The average molecular weight is 474 g/mol. The van der Waals surface area contributed by atoms with Crippen molar-refractivity contribution in [1.29, 1.82) is 0 Å². The number of furan rings is 1. The van der Waals surface area contributed by atoms with E-state index in [-0.39, 0.29) is 0 Å². The smallest absolute Gasteiger partial charge is 0.319 e. The summed E-state index contributed by atoms with van der Waals surface area (Å²) < 4.78 is 4.72. The maximum Gasteiger partial charge on any atom is 0.319 e. The van der Waals surface area contributed by atoms with Crippen LogP contribution in [0.15, 0.2) is 88.6 Å². The molecule has 0 unspecified atom stereocenters. The first-order valence-corrected chi connectivity index (χ1v) is 11.8. The second-order valence-electron chi connectivity index (χ2n) is 8.57. The number of aliphatic carboxylic acids is 1. The van der Waals surface area contributed by atoms with Crippen LogP contribution in [0.3, 0.4) is 0 Å². The molecule has 174 valence electrons. The first kappa shape index (κ1) is 23.6. The normalized spacial score (nSPS) is 11.4. The van der Waals surface area contributed by atoms with Gasteiger partial charge in [-0.15, -0.1) is 11.8 Å². The number of thioether (sulfide) groups is 1. The third kappa shape index (κ3) is 5.66. The molecular weight excluding hydrogens is 446 g/mol. The maximum atomic E-state index is 11.4. The zero-order chi connectivity index (χ0) is 24.1. The minimum absolute atomic E-state index is 0.555. The summed E-state index contributed by atoms with van der Waals surface area (Å²) >= 11 is 1.33. The first-order valence-electron chi connectivity index (χ1n) is 11.0. The fourth-order valence-electron chi connectivity index (χ4n) is 3.56. The maximum absolute atomic E-state index is 11.4. The van der Waals surface area contributed by atoms with E-state index in [1.807, 2.05) is 54.6 Å². The van der Waals surface area contributed by atoms with Gasteiger partial charge in [0, 0.05) is 23.1 Å². The molecule has 0 saturated heterocycles. The van der Waals surface area contributed by atoms with Crippen molar-refractivity contribution >= 4 is 23.5 Å². The summed E-state index contributed by atoms with van der Waals surface area (Å²) in [6, 6.07) is 22.0. The number of nitrogens with zero attached hydrogens (tertiary/aromatic N) is 3. The van der Waals surface area contributed by atoms with Crippen LogP contribution in [0.2, 0.25) is 0 Å². The molecular formula is C27H27N3O3S. The molecule has 0 atom stereocenters. The molecule has 1 N–H and O–H groups in total. The number of rotatable bonds is 9. The molecule has 4 aromatic rings. The molecule has 34 heavy (non-hydrogen) atoms. The van der Waals surface area contributed by atoms with Gasteiger partial charge in [0.1, 0.15) is 22.7 Å². The second-order valence-corrected chi connectivity index (χ2v) is 10.3. The van der Waals surface area contributed by atoms with E-state index in [0.29, 0.717) is 13.1 Å². The van der Waals surface area contributed by atoms with Gasteiger partial charge in [-0.3, -0.25) is 4.79 Å². The van der Waals surface area contributed by atoms with E-state index in [0.717, 1.165) is 38.9 Å². The van der Waals surface area contributed by atoms with Crippen LogP contribution in [-0.2, 0) is 17.9 Å². The number of anilines is 1. The van der Waals surface area contributed by atoms with E-state index in [4.69, 9.17) is 4.42 Å². The van der Waals surface area contributed by atoms with Crippen molar-refractivity contribution in [2.24, 2.45) is 0 Å². The Labute approximate surface area is 203 Å². The highest BCUT2D eigenvalue weighted by molar-refractivity contribution is 8.01. The Hall–Kier alpha value is -3.58. The van der Waals surface area contributed by atoms with E-state index >= 15 is 0 Å². The summed E-state index contributed by atoms with van der Waals surface area (Å²) in [5.41, 5.74) is 4.18. The van der Waals surface area contributed by atoms with Crippen molar-refractivity contribution in [2.45, 2.75) is 43.5 Å². The van der Waals surface area contributed by atoms with Gasteiger partial charge in [0.05, 0.1) is 18.5 Å². The molecule has 4 rings (SSSR count). The minimum Gasteiger partial charge on any atom is -0.480 e. The summed E-state index contributed by atoms with van der Waals surface area (Å²) in [7, 11) is 0. The van der Waals surface area contributed by atoms with Crippen LogP contribution in [0.1, 0.15) is 30.7 Å². The minimum atomic E-state index is -0.889. The summed E-state index contributed by atoms with van der Waals surface area (Å²) in [4.78, 5) is 23.6. The van der Waals surface area contributed by atoms with E-state index in [2.05, 4.69) is 33.9 Å². The zero-order valence-electron chi connectivity index (χ0n) is 19.4. The molecule has 2 heterocycles. The Kier molecular flexibility index (Phi) is 7.03. The van der Waals surface area contributed by atoms with Crippen LogP contribution in [0.5, 0.6) is 0 Å². The number of benzene rings is 2. The van der Waals surface area contributed by atoms with Crippen LogP contribution in [0.25, 0.3) is 11.3 Å². The van der Waals surface area contributed by atoms with Gasteiger partial charge in [-0.05, 0) is 56.2 Å². The molecule has 6 nitrogen and oxygen atoms in total. The quantitative estimate of drug-likeness (QED) is 0.290. The molecule has 0 bridgehead atoms. The second kappa shape index (κ2) is 10.1. The monoisotopic (exact) mass is 473 g/mol. The molecule has 0 aliphatic rings. The number of aryl methyl sites for hydroxylation is 1. The predicted octanol–water partition coefficient (Wildman–Crippen LogP) is 6.21. The van der Waals surface area contributed by atoms with Crippen LogP contribution in [0, 0.1) is 6.92 Å². The van der Waals surface area contributed by atoms with Crippen LogP contribution < -0.4 is 4.90 Å². The average Bonchev–Trinajstić information content (AvgIpc) is 3.33. The van der Waals surface area contributed by atoms with Crippen molar-refractivity contribution in [3.05, 3.63) is 96.2 Å². The van der Waals surface area contributed by atoms with Gasteiger partial charge < -0.3 is 14.4 Å². The Morgan fingerprint density at radius 2 is 1.79 bits per heavy atom. The summed E-state index contributed by atoms with van der Waals surface area (Å²) in [6.45, 7) is 6.65. The van der Waals surface area contributed by atoms with Gasteiger partial charge in [0.25, 0.3) is 0 Å². The standard InChI is InChI=1S/C27H27N3O3S/c1-19-7-4-5-9-23(19)24-15-25(29-18-28-24)30(17-21-8-6-14-33-21)16-20-10-12-22(13-11-20)34-27(2,3)26(31)32/h4-15,18H,16-17H2,1-3H3,(H,31,32). The van der Waals surface area contributed by atoms with Crippen molar-refractivity contribution in [3.63, 3.8) is 0 Å². The van der Waals surface area contributed by atoms with E-state index < -0.39 is 10.7 Å². The molecule has 0 fully saturated rings. The summed E-state index contributed by atoms with van der Waals surface area (Å²) in [6.07, 6.45) is 3.27. The third-order valence-electron chi connectivity index (χ3n) is 5.51. The van der Waals surface area contributed by atoms with Crippen molar-refractivity contribution in [3.8, 4) is 11.3 Å². The fraction of sp³-hybridized carbons (Fsp3) is 0.222. The van der Waals surface area contributed by atoms with Crippen molar-refractivity contribution in [1.82, 2.24) is 9.97 Å². The molecule has 2 aromatic carbocycles. The Bertz CT molecular complexity index is 1250. The van der Waals surface area contributed by atoms with Gasteiger partial charge in [0.2, 0.25) is 0 Å². The Morgan fingerprint density at radius 1 is 1.03 bits per heavy atom. The molecule has 7 heteroatoms. The lowest BCUT2D eigenvalue weighted by atomic mass is 10.1. The predicted molar refractivity (Wildman–Crippen MR) is 135 cm³/mol. The highest BCUT2D eigenvalue weighted by Gasteiger charge is 2.28. The van der Waals surface area contributed by atoms with Crippen LogP contribution in [-0.4, -0.2) is 25.8 Å². The lowest BCUT2D eigenvalue weighted by Crippen LogP contribution is -2.26. The van der Waals surface area contributed by atoms with Gasteiger partial charge in [-0.1, -0.05) is 36.4 Å². The van der Waals surface area contributed by atoms with E-state index in [1.54, 1.807) is 26.4 Å². The topological polar surface area (TPSA) is 79.5 Å². The summed E-state index contributed by atoms with van der Waals surface area (Å²) in [5, 5.41) is 9.40. The molecule has 2 aromatic heterocycles. The third-order valence-corrected chi connectivity index (χ3v) is 6.70.